The summed E-state index contributed by atoms with van der Waals surface area (Å²) in [4.78, 5) is 7.45. The molecule has 81 valence electrons. The maximum atomic E-state index is 2.55. The molecule has 2 heterocycles. The van der Waals surface area contributed by atoms with Crippen LogP contribution in [0.15, 0.2) is 0 Å². The Hall–Kier alpha value is -0.120. The van der Waals surface area contributed by atoms with Gasteiger partial charge in [-0.05, 0) is 33.0 Å². The zero-order valence-corrected chi connectivity index (χ0v) is 9.28. The first-order valence-electron chi connectivity index (χ1n) is 5.83. The number of likely N-dealkylation sites (N-methyl/N-ethyl adjacent to an activating group) is 1. The van der Waals surface area contributed by atoms with Crippen molar-refractivity contribution in [2.45, 2.75) is 12.8 Å². The van der Waals surface area contributed by atoms with Crippen LogP contribution in [0.4, 0.5) is 0 Å². The van der Waals surface area contributed by atoms with Crippen LogP contribution in [0.3, 0.4) is 0 Å². The molecule has 0 spiro atoms. The minimum atomic E-state index is 1.16. The van der Waals surface area contributed by atoms with E-state index >= 15 is 0 Å². The van der Waals surface area contributed by atoms with Crippen molar-refractivity contribution in [2.75, 3.05) is 52.9 Å². The van der Waals surface area contributed by atoms with E-state index < -0.39 is 0 Å². The molecule has 0 aromatic carbocycles. The zero-order chi connectivity index (χ0) is 9.80. The summed E-state index contributed by atoms with van der Waals surface area (Å²) in [6.07, 6.45) is 2.78. The molecule has 1 radical (unpaired) electrons. The number of piperazine rings is 1. The van der Waals surface area contributed by atoms with Gasteiger partial charge in [-0.2, -0.15) is 0 Å². The Balaban J connectivity index is 1.60. The van der Waals surface area contributed by atoms with Crippen molar-refractivity contribution in [2.24, 2.45) is 0 Å². The second kappa shape index (κ2) is 5.10. The molecular formula is C11H22N3. The molecule has 14 heavy (non-hydrogen) atoms. The molecule has 3 heteroatoms. The van der Waals surface area contributed by atoms with E-state index in [9.17, 15) is 0 Å². The molecule has 2 fully saturated rings. The third kappa shape index (κ3) is 2.94. The Morgan fingerprint density at radius 1 is 0.929 bits per heavy atom. The van der Waals surface area contributed by atoms with Gasteiger partial charge in [0, 0.05) is 39.3 Å². The summed E-state index contributed by atoms with van der Waals surface area (Å²) < 4.78 is 0. The van der Waals surface area contributed by atoms with Crippen LogP contribution in [0.1, 0.15) is 12.8 Å². The Morgan fingerprint density at radius 3 is 2.21 bits per heavy atom. The molecule has 0 aromatic heterocycles. The largest absolute Gasteiger partial charge is 0.304 e. The summed E-state index contributed by atoms with van der Waals surface area (Å²) in [7, 11) is 2.21. The van der Waals surface area contributed by atoms with Crippen LogP contribution in [-0.4, -0.2) is 67.6 Å². The predicted molar refractivity (Wildman–Crippen MR) is 59.0 cm³/mol. The van der Waals surface area contributed by atoms with Crippen LogP contribution in [0, 0.1) is 6.54 Å². The smallest absolute Gasteiger partial charge is 0.0391 e. The monoisotopic (exact) mass is 196 g/mol. The number of hydrogen-bond acceptors (Lipinski definition) is 3. The van der Waals surface area contributed by atoms with E-state index in [1.54, 1.807) is 0 Å². The van der Waals surface area contributed by atoms with Crippen LogP contribution >= 0.6 is 0 Å². The van der Waals surface area contributed by atoms with E-state index in [-0.39, 0.29) is 0 Å². The SMILES string of the molecule is CN1CCN(C[CH]N2CCCC2)CC1. The minimum Gasteiger partial charge on any atom is -0.304 e. The van der Waals surface area contributed by atoms with Crippen molar-refractivity contribution >= 4 is 0 Å². The molecule has 2 rings (SSSR count). The molecule has 0 unspecified atom stereocenters. The van der Waals surface area contributed by atoms with E-state index in [1.165, 1.54) is 52.1 Å². The first-order valence-corrected chi connectivity index (χ1v) is 5.83. The van der Waals surface area contributed by atoms with Crippen LogP contribution in [0.5, 0.6) is 0 Å². The quantitative estimate of drug-likeness (QED) is 0.650. The zero-order valence-electron chi connectivity index (χ0n) is 9.28. The molecule has 2 aliphatic heterocycles. The van der Waals surface area contributed by atoms with Gasteiger partial charge >= 0.3 is 0 Å². The van der Waals surface area contributed by atoms with Gasteiger partial charge in [-0.1, -0.05) is 0 Å². The Labute approximate surface area is 87.7 Å². The van der Waals surface area contributed by atoms with E-state index in [0.29, 0.717) is 0 Å². The highest BCUT2D eigenvalue weighted by Gasteiger charge is 2.16. The molecule has 0 N–H and O–H groups in total. The lowest BCUT2D eigenvalue weighted by molar-refractivity contribution is 0.153. The highest BCUT2D eigenvalue weighted by atomic mass is 15.3. The van der Waals surface area contributed by atoms with Crippen molar-refractivity contribution in [3.05, 3.63) is 6.54 Å². The van der Waals surface area contributed by atoms with E-state index in [4.69, 9.17) is 0 Å². The lowest BCUT2D eigenvalue weighted by atomic mass is 10.3. The van der Waals surface area contributed by atoms with Gasteiger partial charge in [0.25, 0.3) is 0 Å². The Bertz CT molecular complexity index is 158. The van der Waals surface area contributed by atoms with E-state index in [1.807, 2.05) is 0 Å². The van der Waals surface area contributed by atoms with Crippen molar-refractivity contribution < 1.29 is 0 Å². The Morgan fingerprint density at radius 2 is 1.57 bits per heavy atom. The van der Waals surface area contributed by atoms with Crippen LogP contribution in [0.25, 0.3) is 0 Å². The third-order valence-electron chi connectivity index (χ3n) is 3.33. The predicted octanol–water partition coefficient (Wildman–Crippen LogP) is 0.491. The lowest BCUT2D eigenvalue weighted by Crippen LogP contribution is -2.45. The molecule has 2 saturated heterocycles. The van der Waals surface area contributed by atoms with Crippen molar-refractivity contribution in [3.8, 4) is 0 Å². The molecule has 0 bridgehead atoms. The second-order valence-electron chi connectivity index (χ2n) is 4.53. The van der Waals surface area contributed by atoms with Crippen LogP contribution in [-0.2, 0) is 0 Å². The first-order chi connectivity index (χ1) is 6.84. The van der Waals surface area contributed by atoms with Gasteiger partial charge in [-0.3, -0.25) is 9.80 Å². The summed E-state index contributed by atoms with van der Waals surface area (Å²) in [5.41, 5.74) is 0. The summed E-state index contributed by atoms with van der Waals surface area (Å²) in [6, 6.07) is 0. The van der Waals surface area contributed by atoms with Crippen LogP contribution in [0.2, 0.25) is 0 Å². The maximum absolute atomic E-state index is 2.55. The van der Waals surface area contributed by atoms with E-state index in [2.05, 4.69) is 28.3 Å². The summed E-state index contributed by atoms with van der Waals surface area (Å²) >= 11 is 0. The molecule has 0 atom stereocenters. The molecule has 0 aliphatic carbocycles. The Kier molecular flexibility index (Phi) is 3.79. The standard InChI is InChI=1S/C11H22N3/c1-12-6-8-14(9-7-12)11-10-13-4-2-3-5-13/h10H,2-9,11H2,1H3. The maximum Gasteiger partial charge on any atom is 0.0391 e. The fourth-order valence-corrected chi connectivity index (χ4v) is 2.19. The molecule has 0 amide bonds. The van der Waals surface area contributed by atoms with Gasteiger partial charge in [0.05, 0.1) is 0 Å². The van der Waals surface area contributed by atoms with Gasteiger partial charge in [0.2, 0.25) is 0 Å². The van der Waals surface area contributed by atoms with Crippen LogP contribution < -0.4 is 0 Å². The summed E-state index contributed by atoms with van der Waals surface area (Å²) in [5.74, 6) is 0. The highest BCUT2D eigenvalue weighted by Crippen LogP contribution is 2.10. The average Bonchev–Trinajstić information content (AvgIpc) is 2.70. The fourth-order valence-electron chi connectivity index (χ4n) is 2.19. The van der Waals surface area contributed by atoms with Gasteiger partial charge in [0.1, 0.15) is 0 Å². The molecule has 0 aromatic rings. The molecule has 2 aliphatic rings. The second-order valence-corrected chi connectivity index (χ2v) is 4.53. The molecular weight excluding hydrogens is 174 g/mol. The number of hydrogen-bond donors (Lipinski definition) is 0. The van der Waals surface area contributed by atoms with Gasteiger partial charge in [-0.15, -0.1) is 0 Å². The van der Waals surface area contributed by atoms with Crippen molar-refractivity contribution in [3.63, 3.8) is 0 Å². The highest BCUT2D eigenvalue weighted by molar-refractivity contribution is 4.79. The average molecular weight is 196 g/mol. The number of likely N-dealkylation sites (tertiary alicyclic amines) is 1. The normalized spacial score (nSPS) is 27.2. The van der Waals surface area contributed by atoms with Gasteiger partial charge in [-0.25, -0.2) is 0 Å². The first kappa shape index (κ1) is 10.4. The lowest BCUT2D eigenvalue weighted by Gasteiger charge is -2.33. The topological polar surface area (TPSA) is 9.72 Å². The molecule has 3 nitrogen and oxygen atoms in total. The third-order valence-corrected chi connectivity index (χ3v) is 3.33. The summed E-state index contributed by atoms with van der Waals surface area (Å²) in [6.45, 7) is 11.1. The summed E-state index contributed by atoms with van der Waals surface area (Å²) in [5, 5.41) is 0. The van der Waals surface area contributed by atoms with Gasteiger partial charge < -0.3 is 4.90 Å². The van der Waals surface area contributed by atoms with Crippen molar-refractivity contribution in [1.29, 1.82) is 0 Å². The van der Waals surface area contributed by atoms with Gasteiger partial charge in [0.15, 0.2) is 0 Å². The van der Waals surface area contributed by atoms with Crippen molar-refractivity contribution in [1.82, 2.24) is 14.7 Å². The fraction of sp³-hybridized carbons (Fsp3) is 0.909. The molecule has 0 saturated carbocycles. The number of nitrogens with zero attached hydrogens (tertiary/aromatic N) is 3. The minimum absolute atomic E-state index is 1.16. The number of rotatable bonds is 3. The van der Waals surface area contributed by atoms with E-state index in [0.717, 1.165) is 6.54 Å².